The SMILES string of the molecule is COc1ccc(CNC(=O)C(=O)C2CCCN2C(=O)CN2CC=Cc3ccccc32)cc1OC. The number of nitrogens with zero attached hydrogens (tertiary/aromatic N) is 2. The summed E-state index contributed by atoms with van der Waals surface area (Å²) in [6.07, 6.45) is 5.25. The Hall–Kier alpha value is -3.81. The number of benzene rings is 2. The molecule has 1 atom stereocenters. The first-order valence-electron chi connectivity index (χ1n) is 11.3. The van der Waals surface area contributed by atoms with E-state index in [0.29, 0.717) is 37.4 Å². The number of nitrogens with one attached hydrogen (secondary N) is 1. The van der Waals surface area contributed by atoms with Crippen molar-refractivity contribution >= 4 is 29.4 Å². The highest BCUT2D eigenvalue weighted by molar-refractivity contribution is 6.38. The van der Waals surface area contributed by atoms with Gasteiger partial charge in [-0.05, 0) is 42.2 Å². The van der Waals surface area contributed by atoms with Crippen molar-refractivity contribution in [2.45, 2.75) is 25.4 Å². The van der Waals surface area contributed by atoms with E-state index in [0.717, 1.165) is 16.8 Å². The number of methoxy groups -OCH3 is 2. The molecule has 0 aromatic heterocycles. The zero-order valence-electron chi connectivity index (χ0n) is 19.5. The third-order valence-corrected chi connectivity index (χ3v) is 6.23. The molecule has 2 aliphatic heterocycles. The van der Waals surface area contributed by atoms with Crippen LogP contribution in [0.5, 0.6) is 11.5 Å². The molecule has 2 amide bonds. The van der Waals surface area contributed by atoms with Crippen LogP contribution in [0.25, 0.3) is 6.08 Å². The van der Waals surface area contributed by atoms with Crippen molar-refractivity contribution in [3.63, 3.8) is 0 Å². The standard InChI is InChI=1S/C26H29N3O5/c1-33-22-12-11-18(15-23(22)34-2)16-27-26(32)25(31)21-10-6-14-29(21)24(30)17-28-13-5-8-19-7-3-4-9-20(19)28/h3-5,7-9,11-12,15,21H,6,10,13-14,16-17H2,1-2H3,(H,27,32). The van der Waals surface area contributed by atoms with E-state index in [2.05, 4.69) is 5.32 Å². The van der Waals surface area contributed by atoms with Crippen molar-refractivity contribution < 1.29 is 23.9 Å². The first kappa shape index (κ1) is 23.4. The fraction of sp³-hybridized carbons (Fsp3) is 0.346. The zero-order valence-corrected chi connectivity index (χ0v) is 19.5. The molecular weight excluding hydrogens is 434 g/mol. The summed E-state index contributed by atoms with van der Waals surface area (Å²) in [5.41, 5.74) is 2.83. The average Bonchev–Trinajstić information content (AvgIpc) is 3.37. The Kier molecular flexibility index (Phi) is 7.15. The van der Waals surface area contributed by atoms with E-state index in [9.17, 15) is 14.4 Å². The van der Waals surface area contributed by atoms with Gasteiger partial charge in [0.05, 0.1) is 20.8 Å². The summed E-state index contributed by atoms with van der Waals surface area (Å²) in [5.74, 6) is -0.285. The lowest BCUT2D eigenvalue weighted by Gasteiger charge is -2.31. The first-order chi connectivity index (χ1) is 16.5. The maximum Gasteiger partial charge on any atom is 0.289 e. The molecule has 0 radical (unpaired) electrons. The molecule has 8 nitrogen and oxygen atoms in total. The third kappa shape index (κ3) is 4.90. The molecule has 0 aliphatic carbocycles. The number of carbonyl (C=O) groups excluding carboxylic acids is 3. The molecule has 8 heteroatoms. The van der Waals surface area contributed by atoms with Crippen LogP contribution in [0.2, 0.25) is 0 Å². The number of ether oxygens (including phenoxy) is 2. The largest absolute Gasteiger partial charge is 0.493 e. The molecule has 0 spiro atoms. The number of amides is 2. The molecule has 4 rings (SSSR count). The van der Waals surface area contributed by atoms with Gasteiger partial charge >= 0.3 is 0 Å². The summed E-state index contributed by atoms with van der Waals surface area (Å²) in [4.78, 5) is 42.2. The molecule has 2 aliphatic rings. The number of para-hydroxylation sites is 1. The van der Waals surface area contributed by atoms with Crippen LogP contribution in [0.1, 0.15) is 24.0 Å². The number of carbonyl (C=O) groups is 3. The number of rotatable bonds is 8. The van der Waals surface area contributed by atoms with Gasteiger partial charge in [-0.2, -0.15) is 0 Å². The second kappa shape index (κ2) is 10.4. The maximum atomic E-state index is 13.1. The second-order valence-electron chi connectivity index (χ2n) is 8.32. The quantitative estimate of drug-likeness (QED) is 0.605. The van der Waals surface area contributed by atoms with Crippen LogP contribution in [0.4, 0.5) is 5.69 Å². The highest BCUT2D eigenvalue weighted by atomic mass is 16.5. The van der Waals surface area contributed by atoms with Crippen LogP contribution in [0.3, 0.4) is 0 Å². The molecule has 2 aromatic rings. The number of ketones is 1. The van der Waals surface area contributed by atoms with Gasteiger partial charge < -0.3 is 24.6 Å². The van der Waals surface area contributed by atoms with E-state index < -0.39 is 17.7 Å². The summed E-state index contributed by atoms with van der Waals surface area (Å²) in [7, 11) is 3.08. The lowest BCUT2D eigenvalue weighted by atomic mass is 10.1. The van der Waals surface area contributed by atoms with E-state index in [4.69, 9.17) is 9.47 Å². The highest BCUT2D eigenvalue weighted by Crippen LogP contribution is 2.28. The molecule has 1 saturated heterocycles. The Balaban J connectivity index is 1.37. The minimum absolute atomic E-state index is 0.145. The van der Waals surface area contributed by atoms with Crippen LogP contribution in [-0.2, 0) is 20.9 Å². The maximum absolute atomic E-state index is 13.1. The molecule has 1 fully saturated rings. The van der Waals surface area contributed by atoms with Gasteiger partial charge in [-0.3, -0.25) is 14.4 Å². The van der Waals surface area contributed by atoms with Gasteiger partial charge in [0, 0.05) is 25.3 Å². The number of hydrogen-bond acceptors (Lipinski definition) is 6. The molecule has 2 heterocycles. The minimum atomic E-state index is -0.728. The second-order valence-corrected chi connectivity index (χ2v) is 8.32. The predicted octanol–water partition coefficient (Wildman–Crippen LogP) is 2.41. The molecule has 34 heavy (non-hydrogen) atoms. The van der Waals surface area contributed by atoms with Gasteiger partial charge in [-0.1, -0.05) is 36.4 Å². The fourth-order valence-electron chi connectivity index (χ4n) is 4.47. The predicted molar refractivity (Wildman–Crippen MR) is 129 cm³/mol. The van der Waals surface area contributed by atoms with Gasteiger partial charge in [0.25, 0.3) is 5.91 Å². The fourth-order valence-corrected chi connectivity index (χ4v) is 4.47. The van der Waals surface area contributed by atoms with Crippen molar-refractivity contribution in [2.75, 3.05) is 38.8 Å². The number of anilines is 1. The minimum Gasteiger partial charge on any atom is -0.493 e. The van der Waals surface area contributed by atoms with Gasteiger partial charge in [-0.15, -0.1) is 0 Å². The van der Waals surface area contributed by atoms with Crippen molar-refractivity contribution in [1.82, 2.24) is 10.2 Å². The van der Waals surface area contributed by atoms with Crippen LogP contribution >= 0.6 is 0 Å². The number of likely N-dealkylation sites (tertiary alicyclic amines) is 1. The van der Waals surface area contributed by atoms with E-state index >= 15 is 0 Å². The van der Waals surface area contributed by atoms with E-state index in [-0.39, 0.29) is 19.0 Å². The van der Waals surface area contributed by atoms with E-state index in [1.54, 1.807) is 30.2 Å². The monoisotopic (exact) mass is 463 g/mol. The molecule has 0 bridgehead atoms. The van der Waals surface area contributed by atoms with Crippen molar-refractivity contribution in [3.05, 3.63) is 59.7 Å². The normalized spacial score (nSPS) is 16.7. The van der Waals surface area contributed by atoms with E-state index in [1.165, 1.54) is 7.11 Å². The average molecular weight is 464 g/mol. The number of hydrogen-bond donors (Lipinski definition) is 1. The van der Waals surface area contributed by atoms with Crippen LogP contribution in [0.15, 0.2) is 48.5 Å². The van der Waals surface area contributed by atoms with Gasteiger partial charge in [0.1, 0.15) is 6.04 Å². The summed E-state index contributed by atoms with van der Waals surface area (Å²) in [6.45, 7) is 1.44. The Morgan fingerprint density at radius 1 is 1.06 bits per heavy atom. The lowest BCUT2D eigenvalue weighted by Crippen LogP contribution is -2.49. The number of fused-ring (bicyclic) bond motifs is 1. The Morgan fingerprint density at radius 3 is 2.65 bits per heavy atom. The summed E-state index contributed by atoms with van der Waals surface area (Å²) in [6, 6.07) is 12.5. The zero-order chi connectivity index (χ0) is 24.1. The van der Waals surface area contributed by atoms with Crippen molar-refractivity contribution in [3.8, 4) is 11.5 Å². The Bertz CT molecular complexity index is 1110. The molecule has 1 unspecified atom stereocenters. The van der Waals surface area contributed by atoms with Crippen LogP contribution < -0.4 is 19.7 Å². The van der Waals surface area contributed by atoms with Crippen LogP contribution in [0, 0.1) is 0 Å². The topological polar surface area (TPSA) is 88.2 Å². The molecule has 0 saturated carbocycles. The molecular formula is C26H29N3O5. The molecule has 178 valence electrons. The summed E-state index contributed by atoms with van der Waals surface area (Å²) >= 11 is 0. The Labute approximate surface area is 199 Å². The van der Waals surface area contributed by atoms with E-state index in [1.807, 2.05) is 41.3 Å². The van der Waals surface area contributed by atoms with Gasteiger partial charge in [0.15, 0.2) is 11.5 Å². The van der Waals surface area contributed by atoms with Gasteiger partial charge in [-0.25, -0.2) is 0 Å². The van der Waals surface area contributed by atoms with Gasteiger partial charge in [0.2, 0.25) is 11.7 Å². The first-order valence-corrected chi connectivity index (χ1v) is 11.3. The summed E-state index contributed by atoms with van der Waals surface area (Å²) in [5, 5.41) is 2.68. The highest BCUT2D eigenvalue weighted by Gasteiger charge is 2.37. The molecule has 1 N–H and O–H groups in total. The Morgan fingerprint density at radius 2 is 1.85 bits per heavy atom. The number of Topliss-reactive ketones (excluding diaryl/α,β-unsaturated/α-hetero) is 1. The smallest absolute Gasteiger partial charge is 0.289 e. The lowest BCUT2D eigenvalue weighted by molar-refractivity contribution is -0.143. The molecule has 2 aromatic carbocycles. The van der Waals surface area contributed by atoms with Crippen molar-refractivity contribution in [1.29, 1.82) is 0 Å². The van der Waals surface area contributed by atoms with Crippen molar-refractivity contribution in [2.24, 2.45) is 0 Å². The summed E-state index contributed by atoms with van der Waals surface area (Å²) < 4.78 is 10.5. The third-order valence-electron chi connectivity index (χ3n) is 6.23. The van der Waals surface area contributed by atoms with Crippen LogP contribution in [-0.4, -0.2) is 62.4 Å².